The number of nitrogens with one attached hydrogen (secondary N) is 1. The maximum atomic E-state index is 10.5. The van der Waals surface area contributed by atoms with Crippen LogP contribution in [-0.4, -0.2) is 24.4 Å². The first-order valence-electron chi connectivity index (χ1n) is 8.63. The van der Waals surface area contributed by atoms with E-state index in [9.17, 15) is 4.79 Å². The largest absolute Gasteiger partial charge is 0.668 e. The summed E-state index contributed by atoms with van der Waals surface area (Å²) in [6.07, 6.45) is 5.80. The summed E-state index contributed by atoms with van der Waals surface area (Å²) in [7, 11) is 0. The summed E-state index contributed by atoms with van der Waals surface area (Å²) in [5.41, 5.74) is 9.71. The van der Waals surface area contributed by atoms with Gasteiger partial charge in [0.05, 0.1) is 0 Å². The molecule has 1 radical (unpaired) electrons. The molecule has 0 spiro atoms. The standard InChI is InChI=1S/C20H26N4O.Ta/c1-15-7-8-17-13-18(10-9-16(17)12-15)19(24-22)14-23-11-5-3-2-4-6-20(21)25;/h7-10,12-14H,2-6,11H2,1H3,(H4,21,22,23,25);/p-1. The minimum absolute atomic E-state index is 0. The maximum absolute atomic E-state index is 10.5. The molecule has 137 valence electrons. The Bertz CT molecular complexity index is 786. The van der Waals surface area contributed by atoms with Crippen LogP contribution in [0.15, 0.2) is 46.5 Å². The van der Waals surface area contributed by atoms with E-state index in [1.165, 1.54) is 10.9 Å². The monoisotopic (exact) mass is 518 g/mol. The Hall–Kier alpha value is -1.95. The minimum atomic E-state index is -0.479. The van der Waals surface area contributed by atoms with Gasteiger partial charge >= 0.3 is 0 Å². The van der Waals surface area contributed by atoms with Crippen LogP contribution in [0, 0.1) is 6.92 Å². The molecular weight excluding hydrogens is 493 g/mol. The summed E-state index contributed by atoms with van der Waals surface area (Å²) in [4.78, 5) is 14.9. The first-order valence-corrected chi connectivity index (χ1v) is 8.63. The van der Waals surface area contributed by atoms with E-state index in [0.29, 0.717) is 18.7 Å². The van der Waals surface area contributed by atoms with Gasteiger partial charge in [0.15, 0.2) is 0 Å². The Balaban J connectivity index is 0.00000338. The van der Waals surface area contributed by atoms with E-state index < -0.39 is 5.91 Å². The number of carbonyl (C=O) groups excluding carboxylic acids is 1. The van der Waals surface area contributed by atoms with Gasteiger partial charge in [0.2, 0.25) is 0 Å². The number of hydrogen-bond acceptors (Lipinski definition) is 4. The van der Waals surface area contributed by atoms with Gasteiger partial charge in [0, 0.05) is 46.6 Å². The first kappa shape index (κ1) is 22.1. The topological polar surface area (TPSA) is 91.6 Å². The van der Waals surface area contributed by atoms with Gasteiger partial charge in [-0.3, -0.25) is 4.99 Å². The van der Waals surface area contributed by atoms with Crippen LogP contribution >= 0.6 is 0 Å². The van der Waals surface area contributed by atoms with Crippen molar-refractivity contribution in [1.82, 2.24) is 0 Å². The number of hydrazone groups is 1. The molecule has 2 aromatic carbocycles. The third-order valence-electron chi connectivity index (χ3n) is 4.09. The Kier molecular flexibility index (Phi) is 9.88. The Morgan fingerprint density at radius 2 is 1.77 bits per heavy atom. The maximum Gasteiger partial charge on any atom is 0.108 e. The fourth-order valence-corrected chi connectivity index (χ4v) is 2.70. The van der Waals surface area contributed by atoms with Crippen molar-refractivity contribution >= 4 is 28.6 Å². The van der Waals surface area contributed by atoms with E-state index in [1.54, 1.807) is 6.21 Å². The second-order valence-electron chi connectivity index (χ2n) is 6.20. The molecule has 0 unspecified atom stereocenters. The van der Waals surface area contributed by atoms with Crippen molar-refractivity contribution in [3.05, 3.63) is 53.3 Å². The summed E-state index contributed by atoms with van der Waals surface area (Å²) in [5.74, 6) is 5.05. The summed E-state index contributed by atoms with van der Waals surface area (Å²) in [6.45, 7) is 2.79. The molecule has 0 saturated carbocycles. The predicted molar refractivity (Wildman–Crippen MR) is 105 cm³/mol. The number of nitrogens with zero attached hydrogens (tertiary/aromatic N) is 2. The van der Waals surface area contributed by atoms with Crippen molar-refractivity contribution < 1.29 is 27.2 Å². The number of aliphatic imine (C=N–C) groups is 1. The van der Waals surface area contributed by atoms with Gasteiger partial charge < -0.3 is 16.4 Å². The predicted octanol–water partition coefficient (Wildman–Crippen LogP) is 4.41. The fourth-order valence-electron chi connectivity index (χ4n) is 2.70. The quantitative estimate of drug-likeness (QED) is 0.231. The van der Waals surface area contributed by atoms with Gasteiger partial charge in [-0.2, -0.15) is 5.10 Å². The zero-order valence-electron chi connectivity index (χ0n) is 15.1. The molecule has 0 atom stereocenters. The molecule has 0 bridgehead atoms. The van der Waals surface area contributed by atoms with Crippen LogP contribution < -0.4 is 5.84 Å². The number of hydrogen-bond donors (Lipinski definition) is 1. The molecule has 6 heteroatoms. The van der Waals surface area contributed by atoms with Gasteiger partial charge in [-0.25, -0.2) is 0 Å². The Labute approximate surface area is 170 Å². The number of nitrogens with two attached hydrogens (primary N) is 1. The molecule has 0 aliphatic heterocycles. The molecule has 0 aromatic heterocycles. The smallest absolute Gasteiger partial charge is 0.108 e. The van der Waals surface area contributed by atoms with Gasteiger partial charge in [0.1, 0.15) is 5.71 Å². The Morgan fingerprint density at radius 3 is 2.50 bits per heavy atom. The van der Waals surface area contributed by atoms with E-state index in [2.05, 4.69) is 47.3 Å². The normalized spacial score (nSPS) is 11.7. The molecule has 2 aromatic rings. The molecule has 0 aliphatic rings. The van der Waals surface area contributed by atoms with Crippen LogP contribution in [0.1, 0.15) is 43.2 Å². The molecule has 0 heterocycles. The molecule has 0 saturated heterocycles. The van der Waals surface area contributed by atoms with Crippen molar-refractivity contribution in [2.45, 2.75) is 39.0 Å². The number of benzene rings is 2. The molecule has 2 rings (SSSR count). The molecule has 0 aliphatic carbocycles. The summed E-state index contributed by atoms with van der Waals surface area (Å²) in [6, 6.07) is 12.5. The molecule has 0 fully saturated rings. The number of rotatable bonds is 9. The first-order chi connectivity index (χ1) is 12.1. The van der Waals surface area contributed by atoms with Gasteiger partial charge in [-0.1, -0.05) is 48.7 Å². The number of amides is 1. The van der Waals surface area contributed by atoms with Crippen molar-refractivity contribution in [1.29, 1.82) is 0 Å². The summed E-state index contributed by atoms with van der Waals surface area (Å²) < 4.78 is 0. The Morgan fingerprint density at radius 1 is 1.08 bits per heavy atom. The van der Waals surface area contributed by atoms with Crippen molar-refractivity contribution in [3.8, 4) is 0 Å². The molecule has 5 nitrogen and oxygen atoms in total. The van der Waals surface area contributed by atoms with E-state index in [1.807, 2.05) is 6.07 Å². The van der Waals surface area contributed by atoms with Crippen LogP contribution in [0.4, 0.5) is 0 Å². The molecule has 3 N–H and O–H groups in total. The molecule has 26 heavy (non-hydrogen) atoms. The fraction of sp³-hybridized carbons (Fsp3) is 0.350. The number of carbonyl (C=O) groups is 1. The zero-order valence-corrected chi connectivity index (χ0v) is 18.3. The average Bonchev–Trinajstić information content (AvgIpc) is 2.60. The second kappa shape index (κ2) is 11.6. The van der Waals surface area contributed by atoms with Crippen molar-refractivity contribution in [3.63, 3.8) is 0 Å². The number of fused-ring (bicyclic) bond motifs is 1. The minimum Gasteiger partial charge on any atom is -0.668 e. The zero-order chi connectivity index (χ0) is 18.1. The average molecular weight is 518 g/mol. The van der Waals surface area contributed by atoms with Crippen molar-refractivity contribution in [2.75, 3.05) is 6.54 Å². The van der Waals surface area contributed by atoms with Gasteiger partial charge in [-0.05, 0) is 43.0 Å². The van der Waals surface area contributed by atoms with E-state index in [4.69, 9.17) is 11.6 Å². The van der Waals surface area contributed by atoms with Crippen LogP contribution in [-0.2, 0) is 27.2 Å². The van der Waals surface area contributed by atoms with E-state index in [-0.39, 0.29) is 22.4 Å². The van der Waals surface area contributed by atoms with Gasteiger partial charge in [-0.15, -0.1) is 0 Å². The summed E-state index contributed by atoms with van der Waals surface area (Å²) in [5, 5.41) is 6.21. The van der Waals surface area contributed by atoms with Gasteiger partial charge in [0.25, 0.3) is 0 Å². The van der Waals surface area contributed by atoms with Crippen LogP contribution in [0.2, 0.25) is 0 Å². The SMILES string of the molecule is Cc1ccc2cc(/C(C=NCCCCCCC([NH-])=O)=N/N)ccc2c1.[Ta]. The third-order valence-corrected chi connectivity index (χ3v) is 4.09. The van der Waals surface area contributed by atoms with Crippen LogP contribution in [0.5, 0.6) is 0 Å². The van der Waals surface area contributed by atoms with Crippen LogP contribution in [0.3, 0.4) is 0 Å². The summed E-state index contributed by atoms with van der Waals surface area (Å²) >= 11 is 0. The molecular formula is C20H25N4OTa-. The van der Waals surface area contributed by atoms with E-state index >= 15 is 0 Å². The number of aryl methyl sites for hydroxylation is 1. The molecule has 1 amide bonds. The second-order valence-corrected chi connectivity index (χ2v) is 6.20. The van der Waals surface area contributed by atoms with Crippen molar-refractivity contribution in [2.24, 2.45) is 15.9 Å². The van der Waals surface area contributed by atoms with E-state index in [0.717, 1.165) is 36.6 Å². The third kappa shape index (κ3) is 7.12. The van der Waals surface area contributed by atoms with Crippen LogP contribution in [0.25, 0.3) is 16.5 Å². The number of unbranched alkanes of at least 4 members (excludes halogenated alkanes) is 3.